The Morgan fingerprint density at radius 2 is 1.54 bits per heavy atom. The van der Waals surface area contributed by atoms with Crippen LogP contribution in [-0.2, 0) is 20.9 Å². The number of ketones is 1. The third-order valence-electron chi connectivity index (χ3n) is 3.46. The first kappa shape index (κ1) is 17.5. The van der Waals surface area contributed by atoms with Gasteiger partial charge in [0.05, 0.1) is 12.3 Å². The molecule has 2 rings (SSSR count). The van der Waals surface area contributed by atoms with Crippen molar-refractivity contribution in [1.82, 2.24) is 5.32 Å². The molecule has 0 spiro atoms. The van der Waals surface area contributed by atoms with Crippen molar-refractivity contribution in [3.63, 3.8) is 0 Å². The van der Waals surface area contributed by atoms with Crippen molar-refractivity contribution in [1.29, 1.82) is 0 Å². The van der Waals surface area contributed by atoms with Crippen LogP contribution in [0.2, 0.25) is 0 Å². The van der Waals surface area contributed by atoms with E-state index in [0.29, 0.717) is 12.2 Å². The maximum Gasteiger partial charge on any atom is 0.343 e. The van der Waals surface area contributed by atoms with Gasteiger partial charge in [0.15, 0.2) is 5.78 Å². The summed E-state index contributed by atoms with van der Waals surface area (Å²) in [5.74, 6) is -0.933. The van der Waals surface area contributed by atoms with Crippen LogP contribution in [0, 0.1) is 0 Å². The molecule has 0 aliphatic rings. The summed E-state index contributed by atoms with van der Waals surface area (Å²) in [6.45, 7) is 3.81. The molecule has 0 aromatic heterocycles. The lowest BCUT2D eigenvalue weighted by Gasteiger charge is -2.15. The fraction of sp³-hybridized carbons (Fsp3) is 0.200. The van der Waals surface area contributed by atoms with Crippen molar-refractivity contribution < 1.29 is 14.3 Å². The number of rotatable bonds is 7. The van der Waals surface area contributed by atoms with E-state index in [4.69, 9.17) is 4.74 Å². The second-order valence-electron chi connectivity index (χ2n) is 5.23. The average molecular weight is 323 g/mol. The van der Waals surface area contributed by atoms with Gasteiger partial charge in [-0.1, -0.05) is 60.7 Å². The molecular formula is C20H21NO3. The SMILES string of the molecule is CCOC(=O)/C(C(C)=O)=C(/NCc1ccccc1)c1ccccc1. The molecule has 0 atom stereocenters. The summed E-state index contributed by atoms with van der Waals surface area (Å²) in [4.78, 5) is 24.4. The molecule has 0 heterocycles. The zero-order valence-corrected chi connectivity index (χ0v) is 13.9. The van der Waals surface area contributed by atoms with E-state index < -0.39 is 5.97 Å². The number of hydrogen-bond donors (Lipinski definition) is 1. The van der Waals surface area contributed by atoms with E-state index in [-0.39, 0.29) is 18.0 Å². The normalized spacial score (nSPS) is 11.4. The van der Waals surface area contributed by atoms with Crippen LogP contribution in [0.15, 0.2) is 66.2 Å². The van der Waals surface area contributed by atoms with E-state index in [9.17, 15) is 9.59 Å². The number of carbonyl (C=O) groups excluding carboxylic acids is 2. The van der Waals surface area contributed by atoms with E-state index >= 15 is 0 Å². The maximum absolute atomic E-state index is 12.3. The Bertz CT molecular complexity index is 721. The molecule has 4 heteroatoms. The zero-order chi connectivity index (χ0) is 17.4. The summed E-state index contributed by atoms with van der Waals surface area (Å²) < 4.78 is 5.06. The summed E-state index contributed by atoms with van der Waals surface area (Å²) in [7, 11) is 0. The van der Waals surface area contributed by atoms with E-state index in [1.54, 1.807) is 6.92 Å². The van der Waals surface area contributed by atoms with Crippen LogP contribution in [-0.4, -0.2) is 18.4 Å². The zero-order valence-electron chi connectivity index (χ0n) is 13.9. The van der Waals surface area contributed by atoms with Crippen LogP contribution in [0.4, 0.5) is 0 Å². The molecule has 0 radical (unpaired) electrons. The lowest BCUT2D eigenvalue weighted by atomic mass is 10.0. The molecule has 1 N–H and O–H groups in total. The van der Waals surface area contributed by atoms with Crippen LogP contribution in [0.5, 0.6) is 0 Å². The van der Waals surface area contributed by atoms with Gasteiger partial charge in [-0.25, -0.2) is 4.79 Å². The summed E-state index contributed by atoms with van der Waals surface area (Å²) in [5, 5.41) is 3.23. The van der Waals surface area contributed by atoms with Gasteiger partial charge in [-0.2, -0.15) is 0 Å². The minimum Gasteiger partial charge on any atom is -0.462 e. The number of nitrogens with one attached hydrogen (secondary N) is 1. The van der Waals surface area contributed by atoms with Crippen molar-refractivity contribution in [2.75, 3.05) is 6.61 Å². The quantitative estimate of drug-likeness (QED) is 0.367. The molecule has 2 aromatic rings. The molecule has 0 saturated heterocycles. The molecule has 0 saturated carbocycles. The van der Waals surface area contributed by atoms with E-state index in [1.165, 1.54) is 6.92 Å². The van der Waals surface area contributed by atoms with Gasteiger partial charge in [0.1, 0.15) is 5.57 Å². The summed E-state index contributed by atoms with van der Waals surface area (Å²) >= 11 is 0. The Labute approximate surface area is 142 Å². The van der Waals surface area contributed by atoms with Crippen LogP contribution >= 0.6 is 0 Å². The van der Waals surface area contributed by atoms with Gasteiger partial charge < -0.3 is 10.1 Å². The van der Waals surface area contributed by atoms with Gasteiger partial charge >= 0.3 is 5.97 Å². The predicted molar refractivity (Wildman–Crippen MR) is 94.0 cm³/mol. The summed E-state index contributed by atoms with van der Waals surface area (Å²) in [6, 6.07) is 19.1. The molecule has 0 fully saturated rings. The lowest BCUT2D eigenvalue weighted by Crippen LogP contribution is -2.22. The molecule has 0 aliphatic carbocycles. The van der Waals surface area contributed by atoms with E-state index in [2.05, 4.69) is 5.32 Å². The number of esters is 1. The molecule has 0 aliphatic heterocycles. The monoisotopic (exact) mass is 323 g/mol. The topological polar surface area (TPSA) is 55.4 Å². The molecular weight excluding hydrogens is 302 g/mol. The minimum atomic E-state index is -0.607. The van der Waals surface area contributed by atoms with Crippen molar-refractivity contribution in [2.45, 2.75) is 20.4 Å². The third-order valence-corrected chi connectivity index (χ3v) is 3.46. The van der Waals surface area contributed by atoms with Crippen LogP contribution < -0.4 is 5.32 Å². The number of ether oxygens (including phenoxy) is 1. The Morgan fingerprint density at radius 3 is 2.08 bits per heavy atom. The van der Waals surface area contributed by atoms with Crippen molar-refractivity contribution in [3.05, 3.63) is 77.4 Å². The highest BCUT2D eigenvalue weighted by Gasteiger charge is 2.22. The van der Waals surface area contributed by atoms with Crippen LogP contribution in [0.1, 0.15) is 25.0 Å². The highest BCUT2D eigenvalue weighted by Crippen LogP contribution is 2.19. The number of carbonyl (C=O) groups is 2. The number of benzene rings is 2. The number of hydrogen-bond acceptors (Lipinski definition) is 4. The van der Waals surface area contributed by atoms with Gasteiger partial charge in [-0.3, -0.25) is 4.79 Å². The molecule has 0 amide bonds. The second kappa shape index (κ2) is 8.67. The molecule has 4 nitrogen and oxygen atoms in total. The van der Waals surface area contributed by atoms with Gasteiger partial charge in [0.25, 0.3) is 0 Å². The first-order valence-electron chi connectivity index (χ1n) is 7.89. The maximum atomic E-state index is 12.3. The molecule has 2 aromatic carbocycles. The average Bonchev–Trinajstić information content (AvgIpc) is 2.60. The first-order chi connectivity index (χ1) is 11.6. The predicted octanol–water partition coefficient (Wildman–Crippen LogP) is 3.34. The standard InChI is InChI=1S/C20H21NO3/c1-3-24-20(23)18(15(2)22)19(17-12-8-5-9-13-17)21-14-16-10-6-4-7-11-16/h4-13,21H,3,14H2,1-2H3/b19-18+. The highest BCUT2D eigenvalue weighted by atomic mass is 16.5. The van der Waals surface area contributed by atoms with E-state index in [1.807, 2.05) is 60.7 Å². The number of Topliss-reactive ketones (excluding diaryl/α,β-unsaturated/α-hetero) is 1. The fourth-order valence-electron chi connectivity index (χ4n) is 2.35. The van der Waals surface area contributed by atoms with Gasteiger partial charge in [0.2, 0.25) is 0 Å². The van der Waals surface area contributed by atoms with E-state index in [0.717, 1.165) is 11.1 Å². The smallest absolute Gasteiger partial charge is 0.343 e. The Balaban J connectivity index is 2.42. The summed E-state index contributed by atoms with van der Waals surface area (Å²) in [6.07, 6.45) is 0. The van der Waals surface area contributed by atoms with Crippen molar-refractivity contribution in [2.24, 2.45) is 0 Å². The Kier molecular flexibility index (Phi) is 6.32. The van der Waals surface area contributed by atoms with Crippen molar-refractivity contribution >= 4 is 17.4 Å². The van der Waals surface area contributed by atoms with Gasteiger partial charge in [-0.15, -0.1) is 0 Å². The Morgan fingerprint density at radius 1 is 0.958 bits per heavy atom. The van der Waals surface area contributed by atoms with Crippen molar-refractivity contribution in [3.8, 4) is 0 Å². The fourth-order valence-corrected chi connectivity index (χ4v) is 2.35. The molecule has 0 unspecified atom stereocenters. The van der Waals surface area contributed by atoms with Gasteiger partial charge in [-0.05, 0) is 25.0 Å². The van der Waals surface area contributed by atoms with Crippen LogP contribution in [0.3, 0.4) is 0 Å². The molecule has 0 bridgehead atoms. The second-order valence-corrected chi connectivity index (χ2v) is 5.23. The highest BCUT2D eigenvalue weighted by molar-refractivity contribution is 6.21. The minimum absolute atomic E-state index is 0.0407. The van der Waals surface area contributed by atoms with Crippen LogP contribution in [0.25, 0.3) is 5.70 Å². The first-order valence-corrected chi connectivity index (χ1v) is 7.89. The summed E-state index contributed by atoms with van der Waals surface area (Å²) in [5.41, 5.74) is 2.36. The Hall–Kier alpha value is -2.88. The largest absolute Gasteiger partial charge is 0.462 e. The third kappa shape index (κ3) is 4.56. The molecule has 24 heavy (non-hydrogen) atoms. The lowest BCUT2D eigenvalue weighted by molar-refractivity contribution is -0.139. The van der Waals surface area contributed by atoms with Gasteiger partial charge in [0, 0.05) is 6.54 Å². The molecule has 124 valence electrons.